The quantitative estimate of drug-likeness (QED) is 0.148. The fraction of sp³-hybridized carbons (Fsp3) is 0.174. The molecule has 1 aliphatic carbocycles. The van der Waals surface area contributed by atoms with E-state index in [2.05, 4.69) is 10.6 Å². The molecular formula is C23H17Cl5FN3O2. The van der Waals surface area contributed by atoms with Crippen molar-refractivity contribution in [3.8, 4) is 0 Å². The number of hydrogen-bond donors (Lipinski definition) is 4. The SMILES string of the molecule is Nc1cc(F)ccc1NC(O)c1cc(NC(=O)C2C(c3ccc(Cl)c(Cl)c3)C2(Cl)Cl)ccc1Cl. The highest BCUT2D eigenvalue weighted by Gasteiger charge is 2.67. The van der Waals surface area contributed by atoms with E-state index < -0.39 is 34.1 Å². The number of rotatable bonds is 6. The average Bonchev–Trinajstić information content (AvgIpc) is 3.35. The summed E-state index contributed by atoms with van der Waals surface area (Å²) in [7, 11) is 0. The van der Waals surface area contributed by atoms with E-state index in [1.165, 1.54) is 24.3 Å². The molecule has 0 bridgehead atoms. The first-order valence-electron chi connectivity index (χ1n) is 9.91. The maximum absolute atomic E-state index is 13.3. The van der Waals surface area contributed by atoms with Crippen molar-refractivity contribution >= 4 is 81.0 Å². The summed E-state index contributed by atoms with van der Waals surface area (Å²) in [4.78, 5) is 13.0. The molecule has 0 aliphatic heterocycles. The van der Waals surface area contributed by atoms with Crippen molar-refractivity contribution < 1.29 is 14.3 Å². The Hall–Kier alpha value is -1.93. The van der Waals surface area contributed by atoms with E-state index in [-0.39, 0.29) is 16.3 Å². The van der Waals surface area contributed by atoms with Crippen LogP contribution < -0.4 is 16.4 Å². The van der Waals surface area contributed by atoms with Crippen LogP contribution in [0.25, 0.3) is 0 Å². The lowest BCUT2D eigenvalue weighted by molar-refractivity contribution is -0.117. The third-order valence-corrected chi connectivity index (χ3v) is 7.53. The second-order valence-corrected chi connectivity index (χ2v) is 10.5. The number of carbonyl (C=O) groups is 1. The van der Waals surface area contributed by atoms with Crippen LogP contribution in [0.4, 0.5) is 21.5 Å². The number of amides is 1. The van der Waals surface area contributed by atoms with E-state index in [0.29, 0.717) is 27.0 Å². The van der Waals surface area contributed by atoms with Gasteiger partial charge in [-0.1, -0.05) is 40.9 Å². The summed E-state index contributed by atoms with van der Waals surface area (Å²) in [6.45, 7) is 0. The van der Waals surface area contributed by atoms with Gasteiger partial charge in [0, 0.05) is 22.2 Å². The fourth-order valence-electron chi connectivity index (χ4n) is 3.71. The molecule has 0 aromatic heterocycles. The summed E-state index contributed by atoms with van der Waals surface area (Å²) >= 11 is 31.1. The summed E-state index contributed by atoms with van der Waals surface area (Å²) in [5, 5.41) is 17.1. The van der Waals surface area contributed by atoms with Gasteiger partial charge in [0.05, 0.1) is 27.3 Å². The fourth-order valence-corrected chi connectivity index (χ4v) is 5.07. The molecule has 5 nitrogen and oxygen atoms in total. The first-order chi connectivity index (χ1) is 16.0. The Morgan fingerprint density at radius 2 is 1.71 bits per heavy atom. The summed E-state index contributed by atoms with van der Waals surface area (Å²) in [6, 6.07) is 13.3. The molecule has 3 unspecified atom stereocenters. The van der Waals surface area contributed by atoms with Crippen LogP contribution in [0.1, 0.15) is 23.3 Å². The topological polar surface area (TPSA) is 87.4 Å². The molecule has 34 heavy (non-hydrogen) atoms. The van der Waals surface area contributed by atoms with Gasteiger partial charge < -0.3 is 21.5 Å². The van der Waals surface area contributed by atoms with Gasteiger partial charge in [-0.25, -0.2) is 4.39 Å². The zero-order valence-electron chi connectivity index (χ0n) is 17.1. The normalized spacial score (nSPS) is 19.4. The van der Waals surface area contributed by atoms with Gasteiger partial charge in [0.2, 0.25) is 5.91 Å². The van der Waals surface area contributed by atoms with Crippen molar-refractivity contribution in [1.82, 2.24) is 0 Å². The number of anilines is 3. The molecule has 1 fully saturated rings. The molecule has 178 valence electrons. The minimum atomic E-state index is -1.32. The summed E-state index contributed by atoms with van der Waals surface area (Å²) in [6.07, 6.45) is -1.29. The Balaban J connectivity index is 1.50. The smallest absolute Gasteiger partial charge is 0.231 e. The molecule has 3 atom stereocenters. The van der Waals surface area contributed by atoms with Gasteiger partial charge in [-0.3, -0.25) is 4.79 Å². The number of aliphatic hydroxyl groups is 1. The van der Waals surface area contributed by atoms with Crippen molar-refractivity contribution in [1.29, 1.82) is 0 Å². The molecular weight excluding hydrogens is 547 g/mol. The number of aliphatic hydroxyl groups excluding tert-OH is 1. The van der Waals surface area contributed by atoms with Gasteiger partial charge in [0.15, 0.2) is 6.23 Å². The van der Waals surface area contributed by atoms with Gasteiger partial charge in [-0.2, -0.15) is 0 Å². The molecule has 0 heterocycles. The maximum atomic E-state index is 13.3. The van der Waals surface area contributed by atoms with Gasteiger partial charge in [-0.05, 0) is 54.1 Å². The molecule has 4 rings (SSSR count). The number of nitrogen functional groups attached to an aromatic ring is 1. The highest BCUT2D eigenvalue weighted by Crippen LogP contribution is 2.65. The van der Waals surface area contributed by atoms with Crippen molar-refractivity contribution in [3.63, 3.8) is 0 Å². The molecule has 0 saturated heterocycles. The lowest BCUT2D eigenvalue weighted by Crippen LogP contribution is -2.18. The molecule has 0 radical (unpaired) electrons. The van der Waals surface area contributed by atoms with Crippen LogP contribution in [0, 0.1) is 11.7 Å². The van der Waals surface area contributed by atoms with Gasteiger partial charge in [0.1, 0.15) is 10.2 Å². The molecule has 3 aromatic rings. The maximum Gasteiger partial charge on any atom is 0.231 e. The molecule has 11 heteroatoms. The first kappa shape index (κ1) is 25.2. The number of nitrogens with one attached hydrogen (secondary N) is 2. The molecule has 1 saturated carbocycles. The Morgan fingerprint density at radius 1 is 1.00 bits per heavy atom. The average molecular weight is 564 g/mol. The Bertz CT molecular complexity index is 1270. The second kappa shape index (κ2) is 9.61. The zero-order chi connectivity index (χ0) is 24.8. The van der Waals surface area contributed by atoms with Crippen LogP contribution in [0.3, 0.4) is 0 Å². The molecule has 0 spiro atoms. The Kier molecular flexibility index (Phi) is 7.11. The van der Waals surface area contributed by atoms with E-state index in [1.54, 1.807) is 24.3 Å². The highest BCUT2D eigenvalue weighted by molar-refractivity contribution is 6.53. The third kappa shape index (κ3) is 5.03. The third-order valence-electron chi connectivity index (χ3n) is 5.50. The first-order valence-corrected chi connectivity index (χ1v) is 11.8. The zero-order valence-corrected chi connectivity index (χ0v) is 20.9. The predicted molar refractivity (Wildman–Crippen MR) is 137 cm³/mol. The highest BCUT2D eigenvalue weighted by atomic mass is 35.5. The Labute approximate surface area is 219 Å². The van der Waals surface area contributed by atoms with Crippen LogP contribution >= 0.6 is 58.0 Å². The van der Waals surface area contributed by atoms with Gasteiger partial charge in [0.25, 0.3) is 0 Å². The molecule has 3 aromatic carbocycles. The second-order valence-electron chi connectivity index (χ2n) is 7.81. The number of benzene rings is 3. The van der Waals surface area contributed by atoms with Crippen molar-refractivity contribution in [2.75, 3.05) is 16.4 Å². The lowest BCUT2D eigenvalue weighted by atomic mass is 10.1. The number of hydrogen-bond acceptors (Lipinski definition) is 4. The van der Waals surface area contributed by atoms with Gasteiger partial charge >= 0.3 is 0 Å². The largest absolute Gasteiger partial charge is 0.397 e. The number of carbonyl (C=O) groups excluding carboxylic acids is 1. The monoisotopic (exact) mass is 561 g/mol. The van der Waals surface area contributed by atoms with E-state index in [1.807, 2.05) is 0 Å². The minimum Gasteiger partial charge on any atom is -0.397 e. The predicted octanol–water partition coefficient (Wildman–Crippen LogP) is 7.00. The van der Waals surface area contributed by atoms with E-state index in [4.69, 9.17) is 63.7 Å². The van der Waals surface area contributed by atoms with Crippen LogP contribution in [0.2, 0.25) is 15.1 Å². The van der Waals surface area contributed by atoms with Crippen LogP contribution in [0.5, 0.6) is 0 Å². The summed E-state index contributed by atoms with van der Waals surface area (Å²) in [5.41, 5.74) is 7.53. The summed E-state index contributed by atoms with van der Waals surface area (Å²) < 4.78 is 12.0. The molecule has 5 N–H and O–H groups in total. The number of alkyl halides is 2. The van der Waals surface area contributed by atoms with Gasteiger partial charge in [-0.15, -0.1) is 23.2 Å². The van der Waals surface area contributed by atoms with Crippen LogP contribution in [-0.4, -0.2) is 15.3 Å². The Morgan fingerprint density at radius 3 is 2.38 bits per heavy atom. The van der Waals surface area contributed by atoms with E-state index >= 15 is 0 Å². The van der Waals surface area contributed by atoms with E-state index in [0.717, 1.165) is 6.07 Å². The molecule has 1 aliphatic rings. The standard InChI is InChI=1S/C23H17Cl5FN3O2/c24-14-5-3-12(9-13(14)21(33)32-18-6-2-11(29)8-17(18)30)31-22(34)20-19(23(20,27)28)10-1-4-15(25)16(26)7-10/h1-9,19-21,32-33H,30H2,(H,31,34). The number of nitrogens with two attached hydrogens (primary N) is 1. The van der Waals surface area contributed by atoms with Crippen molar-refractivity contribution in [2.24, 2.45) is 5.92 Å². The molecule has 1 amide bonds. The number of halogens is 6. The van der Waals surface area contributed by atoms with Crippen LogP contribution in [-0.2, 0) is 4.79 Å². The van der Waals surface area contributed by atoms with E-state index in [9.17, 15) is 14.3 Å². The summed E-state index contributed by atoms with van der Waals surface area (Å²) in [5.74, 6) is -2.14. The van der Waals surface area contributed by atoms with Crippen molar-refractivity contribution in [3.05, 3.63) is 86.6 Å². The van der Waals surface area contributed by atoms with Crippen molar-refractivity contribution in [2.45, 2.75) is 16.5 Å². The lowest BCUT2D eigenvalue weighted by Gasteiger charge is -2.18. The van der Waals surface area contributed by atoms with Crippen LogP contribution in [0.15, 0.2) is 54.6 Å². The minimum absolute atomic E-state index is 0.113.